The summed E-state index contributed by atoms with van der Waals surface area (Å²) >= 11 is 0. The van der Waals surface area contributed by atoms with E-state index < -0.39 is 29.2 Å². The Bertz CT molecular complexity index is 1240. The van der Waals surface area contributed by atoms with Crippen molar-refractivity contribution in [3.8, 4) is 5.75 Å². The number of anilines is 2. The first-order valence-electron chi connectivity index (χ1n) is 10.1. The van der Waals surface area contributed by atoms with Crippen LogP contribution in [0.5, 0.6) is 5.75 Å². The van der Waals surface area contributed by atoms with Gasteiger partial charge in [0.25, 0.3) is 17.7 Å². The molecule has 4 N–H and O–H groups in total. The Labute approximate surface area is 187 Å². The van der Waals surface area contributed by atoms with Crippen LogP contribution in [0.1, 0.15) is 43.9 Å². The molecule has 0 heterocycles. The SMILES string of the molecule is O=C(Nc1ccc(C(=O)Nc2cccc(C(=O)NC3CC3)c2)c(O)c1)c1cc(F)cc(F)c1. The van der Waals surface area contributed by atoms with Crippen molar-refractivity contribution in [1.29, 1.82) is 0 Å². The minimum Gasteiger partial charge on any atom is -0.507 e. The quantitative estimate of drug-likeness (QED) is 0.453. The van der Waals surface area contributed by atoms with E-state index in [2.05, 4.69) is 16.0 Å². The van der Waals surface area contributed by atoms with E-state index in [1.807, 2.05) is 0 Å². The van der Waals surface area contributed by atoms with Crippen molar-refractivity contribution in [2.24, 2.45) is 0 Å². The fourth-order valence-electron chi connectivity index (χ4n) is 3.12. The van der Waals surface area contributed by atoms with E-state index in [1.165, 1.54) is 18.2 Å². The molecule has 3 aromatic carbocycles. The summed E-state index contributed by atoms with van der Waals surface area (Å²) < 4.78 is 26.6. The monoisotopic (exact) mass is 451 g/mol. The number of aromatic hydroxyl groups is 1. The number of hydrogen-bond acceptors (Lipinski definition) is 4. The van der Waals surface area contributed by atoms with Gasteiger partial charge in [-0.2, -0.15) is 0 Å². The summed E-state index contributed by atoms with van der Waals surface area (Å²) in [5.41, 5.74) is 0.582. The summed E-state index contributed by atoms with van der Waals surface area (Å²) in [6.07, 6.45) is 1.91. The molecule has 0 saturated heterocycles. The van der Waals surface area contributed by atoms with Gasteiger partial charge in [-0.3, -0.25) is 14.4 Å². The van der Waals surface area contributed by atoms with Gasteiger partial charge in [0.2, 0.25) is 0 Å². The maximum atomic E-state index is 13.3. The summed E-state index contributed by atoms with van der Waals surface area (Å²) in [5.74, 6) is -3.86. The second-order valence-corrected chi connectivity index (χ2v) is 7.63. The average Bonchev–Trinajstić information content (AvgIpc) is 3.57. The molecule has 1 aliphatic carbocycles. The van der Waals surface area contributed by atoms with Crippen molar-refractivity contribution in [1.82, 2.24) is 5.32 Å². The first-order chi connectivity index (χ1) is 15.8. The molecular weight excluding hydrogens is 432 g/mol. The van der Waals surface area contributed by atoms with Gasteiger partial charge in [-0.25, -0.2) is 8.78 Å². The molecule has 1 saturated carbocycles. The van der Waals surface area contributed by atoms with Gasteiger partial charge in [0.05, 0.1) is 5.56 Å². The number of carbonyl (C=O) groups is 3. The van der Waals surface area contributed by atoms with Crippen molar-refractivity contribution in [3.63, 3.8) is 0 Å². The second-order valence-electron chi connectivity index (χ2n) is 7.63. The number of nitrogens with one attached hydrogen (secondary N) is 3. The Morgan fingerprint density at radius 1 is 0.758 bits per heavy atom. The zero-order valence-electron chi connectivity index (χ0n) is 17.2. The lowest BCUT2D eigenvalue weighted by Gasteiger charge is -2.11. The Hall–Kier alpha value is -4.27. The van der Waals surface area contributed by atoms with E-state index in [0.29, 0.717) is 17.3 Å². The lowest BCUT2D eigenvalue weighted by Crippen LogP contribution is -2.25. The van der Waals surface area contributed by atoms with Crippen LogP contribution in [0, 0.1) is 11.6 Å². The number of phenols is 1. The van der Waals surface area contributed by atoms with Gasteiger partial charge >= 0.3 is 0 Å². The van der Waals surface area contributed by atoms with Crippen molar-refractivity contribution >= 4 is 29.1 Å². The van der Waals surface area contributed by atoms with Crippen LogP contribution in [0.2, 0.25) is 0 Å². The van der Waals surface area contributed by atoms with Gasteiger partial charge in [0, 0.05) is 40.7 Å². The predicted molar refractivity (Wildman–Crippen MR) is 117 cm³/mol. The third-order valence-electron chi connectivity index (χ3n) is 4.92. The average molecular weight is 451 g/mol. The number of rotatable bonds is 6. The highest BCUT2D eigenvalue weighted by Gasteiger charge is 2.24. The van der Waals surface area contributed by atoms with Crippen molar-refractivity contribution in [2.45, 2.75) is 18.9 Å². The van der Waals surface area contributed by atoms with E-state index in [1.54, 1.807) is 18.2 Å². The second kappa shape index (κ2) is 9.07. The molecule has 0 unspecified atom stereocenters. The molecule has 0 radical (unpaired) electrons. The van der Waals surface area contributed by atoms with Gasteiger partial charge in [-0.05, 0) is 55.3 Å². The van der Waals surface area contributed by atoms with Gasteiger partial charge in [0.15, 0.2) is 0 Å². The smallest absolute Gasteiger partial charge is 0.259 e. The lowest BCUT2D eigenvalue weighted by atomic mass is 10.1. The summed E-state index contributed by atoms with van der Waals surface area (Å²) in [5, 5.41) is 18.1. The van der Waals surface area contributed by atoms with Gasteiger partial charge < -0.3 is 21.1 Å². The molecule has 9 heteroatoms. The molecule has 4 rings (SSSR count). The summed E-state index contributed by atoms with van der Waals surface area (Å²) in [7, 11) is 0. The molecule has 3 aromatic rings. The molecule has 33 heavy (non-hydrogen) atoms. The van der Waals surface area contributed by atoms with Crippen molar-refractivity contribution < 1.29 is 28.3 Å². The number of amides is 3. The summed E-state index contributed by atoms with van der Waals surface area (Å²) in [6.45, 7) is 0. The Kier molecular flexibility index (Phi) is 6.03. The molecule has 0 aromatic heterocycles. The highest BCUT2D eigenvalue weighted by atomic mass is 19.1. The van der Waals surface area contributed by atoms with E-state index >= 15 is 0 Å². The van der Waals surface area contributed by atoms with Crippen LogP contribution in [-0.2, 0) is 0 Å². The fraction of sp³-hybridized carbons (Fsp3) is 0.125. The molecule has 0 aliphatic heterocycles. The standard InChI is InChI=1S/C24H19F2N3O4/c25-15-8-14(9-16(26)11-15)23(32)28-19-6-7-20(21(30)12-19)24(33)29-18-3-1-2-13(10-18)22(31)27-17-4-5-17/h1-3,6-12,17,30H,4-5H2,(H,27,31)(H,28,32)(H,29,33). The molecule has 0 atom stereocenters. The van der Waals surface area contributed by atoms with E-state index in [-0.39, 0.29) is 28.8 Å². The zero-order chi connectivity index (χ0) is 23.5. The van der Waals surface area contributed by atoms with Gasteiger partial charge in [-0.15, -0.1) is 0 Å². The summed E-state index contributed by atoms with van der Waals surface area (Å²) in [6, 6.07) is 12.8. The molecular formula is C24H19F2N3O4. The van der Waals surface area contributed by atoms with Crippen molar-refractivity contribution in [3.05, 3.63) is 89.0 Å². The van der Waals surface area contributed by atoms with Crippen LogP contribution >= 0.6 is 0 Å². The Balaban J connectivity index is 1.43. The topological polar surface area (TPSA) is 108 Å². The first kappa shape index (κ1) is 21.9. The molecule has 3 amide bonds. The minimum atomic E-state index is -0.899. The number of benzene rings is 3. The first-order valence-corrected chi connectivity index (χ1v) is 10.1. The number of halogens is 2. The Morgan fingerprint density at radius 2 is 1.42 bits per heavy atom. The third-order valence-corrected chi connectivity index (χ3v) is 4.92. The van der Waals surface area contributed by atoms with E-state index in [0.717, 1.165) is 31.0 Å². The third kappa shape index (κ3) is 5.51. The molecule has 7 nitrogen and oxygen atoms in total. The molecule has 0 bridgehead atoms. The fourth-order valence-corrected chi connectivity index (χ4v) is 3.12. The minimum absolute atomic E-state index is 0.0716. The van der Waals surface area contributed by atoms with Gasteiger partial charge in [0.1, 0.15) is 17.4 Å². The zero-order valence-corrected chi connectivity index (χ0v) is 17.2. The van der Waals surface area contributed by atoms with Gasteiger partial charge in [-0.1, -0.05) is 6.07 Å². The maximum absolute atomic E-state index is 13.3. The van der Waals surface area contributed by atoms with E-state index in [9.17, 15) is 28.3 Å². The van der Waals surface area contributed by atoms with Crippen LogP contribution in [0.3, 0.4) is 0 Å². The number of hydrogen-bond donors (Lipinski definition) is 4. The van der Waals surface area contributed by atoms with Crippen LogP contribution in [-0.4, -0.2) is 28.9 Å². The van der Waals surface area contributed by atoms with Crippen LogP contribution in [0.4, 0.5) is 20.2 Å². The lowest BCUT2D eigenvalue weighted by molar-refractivity contribution is 0.0949. The van der Waals surface area contributed by atoms with Crippen LogP contribution < -0.4 is 16.0 Å². The normalized spacial score (nSPS) is 12.7. The molecule has 168 valence electrons. The summed E-state index contributed by atoms with van der Waals surface area (Å²) in [4.78, 5) is 37.0. The maximum Gasteiger partial charge on any atom is 0.259 e. The molecule has 1 fully saturated rings. The van der Waals surface area contributed by atoms with E-state index in [4.69, 9.17) is 0 Å². The van der Waals surface area contributed by atoms with Crippen LogP contribution in [0.25, 0.3) is 0 Å². The highest BCUT2D eigenvalue weighted by molar-refractivity contribution is 6.08. The van der Waals surface area contributed by atoms with Crippen LogP contribution in [0.15, 0.2) is 60.7 Å². The molecule has 1 aliphatic rings. The molecule has 0 spiro atoms. The number of phenolic OH excluding ortho intramolecular Hbond substituents is 1. The number of carbonyl (C=O) groups excluding carboxylic acids is 3. The predicted octanol–water partition coefficient (Wildman–Crippen LogP) is 4.07. The largest absolute Gasteiger partial charge is 0.507 e. The van der Waals surface area contributed by atoms with Crippen molar-refractivity contribution in [2.75, 3.05) is 10.6 Å². The Morgan fingerprint density at radius 3 is 2.09 bits per heavy atom. The highest BCUT2D eigenvalue weighted by Crippen LogP contribution is 2.24.